The monoisotopic (exact) mass is 570 g/mol. The number of aromatic nitrogens is 2. The van der Waals surface area contributed by atoms with E-state index in [1.165, 1.54) is 0 Å². The first-order valence-corrected chi connectivity index (χ1v) is 14.1. The zero-order chi connectivity index (χ0) is 30.4. The highest BCUT2D eigenvalue weighted by Gasteiger charge is 2.25. The molecule has 0 saturated heterocycles. The molecule has 220 valence electrons. The highest BCUT2D eigenvalue weighted by atomic mass is 16.6. The number of carbonyl (C=O) groups excluding carboxylic acids is 2. The highest BCUT2D eigenvalue weighted by Crippen LogP contribution is 2.25. The van der Waals surface area contributed by atoms with Crippen LogP contribution in [0.2, 0.25) is 0 Å². The van der Waals surface area contributed by atoms with E-state index in [1.807, 2.05) is 79.5 Å². The molecule has 42 heavy (non-hydrogen) atoms. The first kappa shape index (κ1) is 30.3. The number of hydrogen-bond donors (Lipinski definition) is 1. The molecule has 0 aliphatic rings. The summed E-state index contributed by atoms with van der Waals surface area (Å²) in [6.07, 6.45) is -0.0820. The molecule has 0 spiro atoms. The summed E-state index contributed by atoms with van der Waals surface area (Å²) in [5.41, 5.74) is 2.44. The van der Waals surface area contributed by atoms with Crippen molar-refractivity contribution in [2.24, 2.45) is 0 Å². The van der Waals surface area contributed by atoms with E-state index in [0.29, 0.717) is 47.6 Å². The highest BCUT2D eigenvalue weighted by molar-refractivity contribution is 5.90. The number of hydrogen-bond acceptors (Lipinski definition) is 7. The molecule has 0 radical (unpaired) electrons. The Kier molecular flexibility index (Phi) is 9.30. The SMILES string of the molecule is CCOC(=O)c1ccc(N(C)Cc2cccc3nc([C@H](CC)NC(=O)OC(C)(C)C)n(-c4ccccc4)c(=O)c23)cc1. The summed E-state index contributed by atoms with van der Waals surface area (Å²) in [5.74, 6) is 0.0581. The van der Waals surface area contributed by atoms with Crippen LogP contribution in [0.5, 0.6) is 0 Å². The lowest BCUT2D eigenvalue weighted by atomic mass is 10.1. The molecule has 0 saturated carbocycles. The third-order valence-electron chi connectivity index (χ3n) is 6.66. The number of alkyl carbamates (subject to hydrolysis) is 1. The van der Waals surface area contributed by atoms with Gasteiger partial charge in [-0.1, -0.05) is 37.3 Å². The molecule has 3 aromatic carbocycles. The van der Waals surface area contributed by atoms with Gasteiger partial charge in [0.15, 0.2) is 0 Å². The minimum absolute atomic E-state index is 0.229. The van der Waals surface area contributed by atoms with Crippen molar-refractivity contribution in [1.82, 2.24) is 14.9 Å². The molecule has 0 aliphatic carbocycles. The summed E-state index contributed by atoms with van der Waals surface area (Å²) >= 11 is 0. The van der Waals surface area contributed by atoms with Crippen LogP contribution < -0.4 is 15.8 Å². The third kappa shape index (κ3) is 6.97. The number of para-hydroxylation sites is 1. The molecule has 0 aliphatic heterocycles. The van der Waals surface area contributed by atoms with Gasteiger partial charge in [-0.2, -0.15) is 0 Å². The Labute approximate surface area is 246 Å². The lowest BCUT2D eigenvalue weighted by Gasteiger charge is -2.25. The van der Waals surface area contributed by atoms with Crippen molar-refractivity contribution in [1.29, 1.82) is 0 Å². The number of ether oxygens (including phenoxy) is 2. The summed E-state index contributed by atoms with van der Waals surface area (Å²) in [6, 6.07) is 21.5. The summed E-state index contributed by atoms with van der Waals surface area (Å²) in [4.78, 5) is 46.0. The zero-order valence-corrected chi connectivity index (χ0v) is 25.0. The minimum Gasteiger partial charge on any atom is -0.462 e. The molecule has 4 rings (SSSR count). The molecule has 1 heterocycles. The maximum atomic E-state index is 14.3. The van der Waals surface area contributed by atoms with Crippen LogP contribution in [0.1, 0.15) is 68.8 Å². The Balaban J connectivity index is 1.77. The van der Waals surface area contributed by atoms with Crippen molar-refractivity contribution in [2.45, 2.75) is 59.2 Å². The smallest absolute Gasteiger partial charge is 0.408 e. The van der Waals surface area contributed by atoms with E-state index in [0.717, 1.165) is 11.3 Å². The summed E-state index contributed by atoms with van der Waals surface area (Å²) in [6.45, 7) is 9.83. The second kappa shape index (κ2) is 12.9. The topological polar surface area (TPSA) is 103 Å². The van der Waals surface area contributed by atoms with Crippen molar-refractivity contribution in [2.75, 3.05) is 18.6 Å². The van der Waals surface area contributed by atoms with Crippen molar-refractivity contribution in [3.63, 3.8) is 0 Å². The number of esters is 1. The van der Waals surface area contributed by atoms with Crippen LogP contribution in [-0.2, 0) is 16.0 Å². The quantitative estimate of drug-likeness (QED) is 0.240. The average molecular weight is 571 g/mol. The second-order valence-corrected chi connectivity index (χ2v) is 11.0. The molecular formula is C33H38N4O5. The lowest BCUT2D eigenvalue weighted by molar-refractivity contribution is 0.0495. The van der Waals surface area contributed by atoms with Gasteiger partial charge < -0.3 is 19.7 Å². The Bertz CT molecular complexity index is 1610. The van der Waals surface area contributed by atoms with E-state index in [-0.39, 0.29) is 11.5 Å². The van der Waals surface area contributed by atoms with Gasteiger partial charge >= 0.3 is 12.1 Å². The molecular weight excluding hydrogens is 532 g/mol. The van der Waals surface area contributed by atoms with Crippen LogP contribution in [0, 0.1) is 0 Å². The molecule has 4 aromatic rings. The molecule has 1 aromatic heterocycles. The van der Waals surface area contributed by atoms with Gasteiger partial charge in [0.05, 0.1) is 34.8 Å². The third-order valence-corrected chi connectivity index (χ3v) is 6.66. The Morgan fingerprint density at radius 1 is 0.976 bits per heavy atom. The van der Waals surface area contributed by atoms with Crippen molar-refractivity contribution >= 4 is 28.7 Å². The second-order valence-electron chi connectivity index (χ2n) is 11.0. The largest absolute Gasteiger partial charge is 0.462 e. The molecule has 0 fully saturated rings. The van der Waals surface area contributed by atoms with E-state index in [9.17, 15) is 14.4 Å². The van der Waals surface area contributed by atoms with E-state index in [2.05, 4.69) is 5.32 Å². The van der Waals surface area contributed by atoms with Gasteiger partial charge in [-0.15, -0.1) is 0 Å². The van der Waals surface area contributed by atoms with Crippen LogP contribution in [-0.4, -0.2) is 40.9 Å². The van der Waals surface area contributed by atoms with Gasteiger partial charge in [-0.3, -0.25) is 9.36 Å². The van der Waals surface area contributed by atoms with E-state index >= 15 is 0 Å². The first-order valence-electron chi connectivity index (χ1n) is 14.1. The van der Waals surface area contributed by atoms with E-state index in [1.54, 1.807) is 44.4 Å². The Hall–Kier alpha value is -4.66. The van der Waals surface area contributed by atoms with Crippen LogP contribution in [0.3, 0.4) is 0 Å². The van der Waals surface area contributed by atoms with Gasteiger partial charge in [0.25, 0.3) is 5.56 Å². The van der Waals surface area contributed by atoms with Gasteiger partial charge in [-0.05, 0) is 82.1 Å². The fourth-order valence-corrected chi connectivity index (χ4v) is 4.72. The molecule has 0 unspecified atom stereocenters. The molecule has 1 amide bonds. The summed E-state index contributed by atoms with van der Waals surface area (Å²) in [7, 11) is 1.92. The lowest BCUT2D eigenvalue weighted by Crippen LogP contribution is -2.38. The number of fused-ring (bicyclic) bond motifs is 1. The van der Waals surface area contributed by atoms with Crippen LogP contribution in [0.4, 0.5) is 10.5 Å². The Morgan fingerprint density at radius 3 is 2.29 bits per heavy atom. The molecule has 9 heteroatoms. The molecule has 0 bridgehead atoms. The number of nitrogens with zero attached hydrogens (tertiary/aromatic N) is 3. The fourth-order valence-electron chi connectivity index (χ4n) is 4.72. The number of amides is 1. The van der Waals surface area contributed by atoms with Crippen LogP contribution >= 0.6 is 0 Å². The normalized spacial score (nSPS) is 12.0. The number of carbonyl (C=O) groups is 2. The van der Waals surface area contributed by atoms with Gasteiger partial charge in [0.2, 0.25) is 0 Å². The van der Waals surface area contributed by atoms with Gasteiger partial charge in [0.1, 0.15) is 11.4 Å². The van der Waals surface area contributed by atoms with Crippen molar-refractivity contribution in [3.05, 3.63) is 100 Å². The predicted octanol–water partition coefficient (Wildman–Crippen LogP) is 6.17. The van der Waals surface area contributed by atoms with Gasteiger partial charge in [-0.25, -0.2) is 14.6 Å². The van der Waals surface area contributed by atoms with Crippen LogP contribution in [0.25, 0.3) is 16.6 Å². The fraction of sp³-hybridized carbons (Fsp3) is 0.333. The summed E-state index contributed by atoms with van der Waals surface area (Å²) < 4.78 is 12.2. The maximum Gasteiger partial charge on any atom is 0.408 e. The summed E-state index contributed by atoms with van der Waals surface area (Å²) in [5, 5.41) is 3.40. The standard InChI is InChI=1S/C33H38N4O5/c1-7-26(35-32(40)42-33(3,4)5)29-34-27-16-12-13-23(28(27)30(38)37(29)25-14-10-9-11-15-25)21-36(6)24-19-17-22(18-20-24)31(39)41-8-2/h9-20,26H,7-8,21H2,1-6H3,(H,35,40)/t26-/m0/s1. The number of benzene rings is 3. The van der Waals surface area contributed by atoms with Crippen molar-refractivity contribution < 1.29 is 19.1 Å². The molecule has 1 N–H and O–H groups in total. The number of anilines is 1. The van der Waals surface area contributed by atoms with E-state index < -0.39 is 17.7 Å². The van der Waals surface area contributed by atoms with Crippen molar-refractivity contribution in [3.8, 4) is 5.69 Å². The van der Waals surface area contributed by atoms with Gasteiger partial charge in [0, 0.05) is 19.3 Å². The average Bonchev–Trinajstić information content (AvgIpc) is 2.95. The maximum absolute atomic E-state index is 14.3. The minimum atomic E-state index is -0.668. The van der Waals surface area contributed by atoms with Crippen LogP contribution in [0.15, 0.2) is 77.6 Å². The predicted molar refractivity (Wildman–Crippen MR) is 164 cm³/mol. The molecule has 1 atom stereocenters. The molecule has 9 nitrogen and oxygen atoms in total. The Morgan fingerprint density at radius 2 is 1.67 bits per heavy atom. The zero-order valence-electron chi connectivity index (χ0n) is 25.0. The first-order chi connectivity index (χ1) is 20.0. The van der Waals surface area contributed by atoms with E-state index in [4.69, 9.17) is 14.5 Å². The number of rotatable bonds is 9. The number of nitrogens with one attached hydrogen (secondary N) is 1.